The fraction of sp³-hybridized carbons (Fsp3) is 0.684. The normalized spacial score (nSPS) is 31.9. The Kier molecular flexibility index (Phi) is 5.70. The number of hydrogen-bond donors (Lipinski definition) is 3. The first-order valence-electron chi connectivity index (χ1n) is 9.73. The van der Waals surface area contributed by atoms with Crippen LogP contribution in [0, 0.1) is 5.92 Å². The number of aliphatic hydroxyl groups is 1. The van der Waals surface area contributed by atoms with Crippen molar-refractivity contribution in [1.82, 2.24) is 15.1 Å². The predicted molar refractivity (Wildman–Crippen MR) is 109 cm³/mol. The van der Waals surface area contributed by atoms with E-state index in [-0.39, 0.29) is 29.6 Å². The van der Waals surface area contributed by atoms with Crippen LogP contribution < -0.4 is 5.32 Å². The molecule has 29 heavy (non-hydrogen) atoms. The summed E-state index contributed by atoms with van der Waals surface area (Å²) in [6.07, 6.45) is 0.671. The highest BCUT2D eigenvalue weighted by molar-refractivity contribution is 8.06. The van der Waals surface area contributed by atoms with Crippen molar-refractivity contribution in [2.75, 3.05) is 21.1 Å². The minimum atomic E-state index is -1.20. The van der Waals surface area contributed by atoms with Crippen LogP contribution in [0.25, 0.3) is 0 Å². The first-order valence-corrected chi connectivity index (χ1v) is 10.5. The monoisotopic (exact) mass is 424 g/mol. The van der Waals surface area contributed by atoms with E-state index in [1.54, 1.807) is 11.9 Å². The summed E-state index contributed by atoms with van der Waals surface area (Å²) in [5, 5.41) is 22.5. The topological polar surface area (TPSA) is 123 Å². The van der Waals surface area contributed by atoms with Gasteiger partial charge in [-0.3, -0.25) is 14.6 Å². The van der Waals surface area contributed by atoms with Gasteiger partial charge in [0.05, 0.1) is 24.1 Å². The van der Waals surface area contributed by atoms with Gasteiger partial charge in [-0.05, 0) is 13.3 Å². The van der Waals surface area contributed by atoms with Gasteiger partial charge in [-0.15, -0.1) is 11.8 Å². The Hall–Kier alpha value is -2.07. The molecule has 0 aliphatic carbocycles. The fourth-order valence-electron chi connectivity index (χ4n) is 4.52. The molecule has 1 unspecified atom stereocenters. The van der Waals surface area contributed by atoms with Crippen LogP contribution in [-0.2, 0) is 14.4 Å². The van der Waals surface area contributed by atoms with Crippen LogP contribution >= 0.6 is 11.8 Å². The number of aliphatic imine (C=N–C) groups is 1. The van der Waals surface area contributed by atoms with E-state index in [1.807, 2.05) is 21.0 Å². The number of amidine groups is 1. The number of thioether (sulfide) groups is 1. The molecule has 3 rings (SSSR count). The van der Waals surface area contributed by atoms with Crippen LogP contribution in [0.3, 0.4) is 0 Å². The first kappa shape index (κ1) is 21.6. The maximum atomic E-state index is 13.1. The average molecular weight is 425 g/mol. The minimum Gasteiger partial charge on any atom is -0.477 e. The number of carboxylic acid groups (broad SMARTS) is 1. The molecule has 1 saturated heterocycles. The third kappa shape index (κ3) is 3.22. The number of fused-ring (bicyclic) bond motifs is 1. The zero-order valence-electron chi connectivity index (χ0n) is 17.3. The number of carbonyl (C=O) groups excluding carboxylic acids is 2. The van der Waals surface area contributed by atoms with Crippen molar-refractivity contribution < 1.29 is 24.6 Å². The van der Waals surface area contributed by atoms with Crippen LogP contribution in [0.4, 0.5) is 0 Å². The van der Waals surface area contributed by atoms with E-state index < -0.39 is 22.7 Å². The first-order chi connectivity index (χ1) is 13.6. The minimum absolute atomic E-state index is 0.0450. The number of carbonyl (C=O) groups is 3. The van der Waals surface area contributed by atoms with Crippen LogP contribution in [0.2, 0.25) is 0 Å². The van der Waals surface area contributed by atoms with Gasteiger partial charge in [-0.2, -0.15) is 0 Å². The van der Waals surface area contributed by atoms with Crippen LogP contribution in [-0.4, -0.2) is 87.7 Å². The lowest BCUT2D eigenvalue weighted by atomic mass is 9.83. The second-order valence-electron chi connectivity index (χ2n) is 7.94. The molecule has 0 aromatic heterocycles. The Morgan fingerprint density at radius 2 is 2.10 bits per heavy atom. The van der Waals surface area contributed by atoms with Crippen LogP contribution in [0.1, 0.15) is 33.1 Å². The summed E-state index contributed by atoms with van der Waals surface area (Å²) in [5.74, 6) is -1.85. The molecule has 0 saturated carbocycles. The highest BCUT2D eigenvalue weighted by Gasteiger charge is 2.59. The molecule has 0 aromatic rings. The van der Waals surface area contributed by atoms with E-state index in [0.717, 1.165) is 6.42 Å². The summed E-state index contributed by atoms with van der Waals surface area (Å²) >= 11 is 1.19. The van der Waals surface area contributed by atoms with Crippen LogP contribution in [0.15, 0.2) is 15.6 Å². The fourth-order valence-corrected chi connectivity index (χ4v) is 6.27. The lowest BCUT2D eigenvalue weighted by molar-refractivity contribution is -0.161. The molecule has 0 bridgehead atoms. The van der Waals surface area contributed by atoms with Gasteiger partial charge in [0.2, 0.25) is 11.8 Å². The highest BCUT2D eigenvalue weighted by Crippen LogP contribution is 2.52. The van der Waals surface area contributed by atoms with Crippen LogP contribution in [0.5, 0.6) is 0 Å². The van der Waals surface area contributed by atoms with Crippen molar-refractivity contribution in [3.8, 4) is 0 Å². The zero-order chi connectivity index (χ0) is 21.7. The zero-order valence-corrected chi connectivity index (χ0v) is 18.1. The van der Waals surface area contributed by atoms with Gasteiger partial charge >= 0.3 is 5.97 Å². The number of carboxylic acids is 1. The van der Waals surface area contributed by atoms with E-state index in [1.165, 1.54) is 23.6 Å². The number of aliphatic carboxylic acids is 1. The van der Waals surface area contributed by atoms with Crippen molar-refractivity contribution in [2.24, 2.45) is 10.9 Å². The quantitative estimate of drug-likeness (QED) is 0.523. The van der Waals surface area contributed by atoms with Gasteiger partial charge in [-0.25, -0.2) is 4.79 Å². The van der Waals surface area contributed by atoms with Crippen molar-refractivity contribution in [3.05, 3.63) is 10.6 Å². The maximum Gasteiger partial charge on any atom is 0.353 e. The molecule has 1 fully saturated rings. The molecule has 9 nitrogen and oxygen atoms in total. The Balaban J connectivity index is 2.03. The van der Waals surface area contributed by atoms with E-state index >= 15 is 0 Å². The number of nitrogens with one attached hydrogen (secondary N) is 1. The molecule has 0 spiro atoms. The molecule has 0 aromatic carbocycles. The average Bonchev–Trinajstić information content (AvgIpc) is 3.18. The SMILES string of the molecule is CC[C@H]1CC(SC2=C(C(=O)O)N3C(=O)[C@H]([C@@H](C)O)[C@H]3C2)(C(=O)NC)C(N(C)C)=N1. The summed E-state index contributed by atoms with van der Waals surface area (Å²) in [6, 6.07) is -0.433. The molecule has 5 atom stereocenters. The predicted octanol–water partition coefficient (Wildman–Crippen LogP) is 0.255. The Morgan fingerprint density at radius 1 is 1.45 bits per heavy atom. The largest absolute Gasteiger partial charge is 0.477 e. The van der Waals surface area contributed by atoms with Gasteiger partial charge in [-0.1, -0.05) is 6.92 Å². The second-order valence-corrected chi connectivity index (χ2v) is 9.34. The molecular weight excluding hydrogens is 396 g/mol. The molecule has 3 aliphatic heterocycles. The van der Waals surface area contributed by atoms with E-state index in [2.05, 4.69) is 5.32 Å². The van der Waals surface area contributed by atoms with Gasteiger partial charge in [0.15, 0.2) is 4.75 Å². The summed E-state index contributed by atoms with van der Waals surface area (Å²) in [4.78, 5) is 45.8. The Labute approximate surface area is 174 Å². The Morgan fingerprint density at radius 3 is 2.59 bits per heavy atom. The lowest BCUT2D eigenvalue weighted by Crippen LogP contribution is -2.61. The van der Waals surface area contributed by atoms with E-state index in [4.69, 9.17) is 4.99 Å². The third-order valence-corrected chi connectivity index (χ3v) is 7.36. The molecule has 3 N–H and O–H groups in total. The summed E-state index contributed by atoms with van der Waals surface area (Å²) in [7, 11) is 5.19. The number of hydrogen-bond acceptors (Lipinski definition) is 7. The number of amides is 2. The van der Waals surface area contributed by atoms with E-state index in [9.17, 15) is 24.6 Å². The number of rotatable bonds is 6. The molecule has 2 amide bonds. The van der Waals surface area contributed by atoms with Crippen molar-refractivity contribution in [2.45, 2.75) is 56.0 Å². The molecule has 0 radical (unpaired) electrons. The van der Waals surface area contributed by atoms with E-state index in [0.29, 0.717) is 23.6 Å². The molecule has 160 valence electrons. The second kappa shape index (κ2) is 7.64. The molecule has 3 heterocycles. The van der Waals surface area contributed by atoms with Gasteiger partial charge < -0.3 is 25.3 Å². The van der Waals surface area contributed by atoms with Gasteiger partial charge in [0.1, 0.15) is 11.5 Å². The Bertz CT molecular complexity index is 808. The molecular formula is C19H28N4O5S. The smallest absolute Gasteiger partial charge is 0.353 e. The van der Waals surface area contributed by atoms with Gasteiger partial charge in [0.25, 0.3) is 0 Å². The third-order valence-electron chi connectivity index (χ3n) is 5.87. The van der Waals surface area contributed by atoms with Crippen molar-refractivity contribution in [1.29, 1.82) is 0 Å². The highest BCUT2D eigenvalue weighted by atomic mass is 32.2. The van der Waals surface area contributed by atoms with Crippen molar-refractivity contribution >= 4 is 35.4 Å². The molecule has 3 aliphatic rings. The summed E-state index contributed by atoms with van der Waals surface area (Å²) in [5.41, 5.74) is -0.0803. The molecule has 10 heteroatoms. The summed E-state index contributed by atoms with van der Waals surface area (Å²) in [6.45, 7) is 3.54. The van der Waals surface area contributed by atoms with Crippen molar-refractivity contribution in [3.63, 3.8) is 0 Å². The number of nitrogens with zero attached hydrogens (tertiary/aromatic N) is 3. The number of β-lactam (4-membered cyclic amide) rings is 1. The lowest BCUT2D eigenvalue weighted by Gasteiger charge is -2.44. The standard InChI is InChI=1S/C19H28N4O5S/c1-6-10-8-19(18(28)20-3,17(21-10)22(4)5)29-12-7-11-13(9(2)24)15(25)23(11)14(12)16(26)27/h9-11,13,24H,6-8H2,1-5H3,(H,20,28)(H,26,27)/t9-,10+,11-,13-,19?/m1/s1. The van der Waals surface area contributed by atoms with Gasteiger partial charge in [0, 0.05) is 38.9 Å². The summed E-state index contributed by atoms with van der Waals surface area (Å²) < 4.78 is -1.07. The maximum absolute atomic E-state index is 13.1. The number of aliphatic hydroxyl groups excluding tert-OH is 1.